The zero-order valence-electron chi connectivity index (χ0n) is 12.5. The van der Waals surface area contributed by atoms with Gasteiger partial charge < -0.3 is 15.1 Å². The Hall–Kier alpha value is -2.97. The standard InChI is InChI=1S/C14H15N7O2/c1-19-13(23)16-5-14(19)6-20(7-14)12(22)10-2-3-15-11(4-10)21-8-17-18-9-21/h2-4,8-9H,5-7H2,1H3,(H,16,23). The van der Waals surface area contributed by atoms with E-state index in [1.54, 1.807) is 39.7 Å². The summed E-state index contributed by atoms with van der Waals surface area (Å²) < 4.78 is 1.64. The number of nitrogens with zero attached hydrogens (tertiary/aromatic N) is 6. The van der Waals surface area contributed by atoms with Crippen molar-refractivity contribution in [3.8, 4) is 5.82 Å². The minimum Gasteiger partial charge on any atom is -0.335 e. The molecule has 0 radical (unpaired) electrons. The van der Waals surface area contributed by atoms with Gasteiger partial charge in [-0.1, -0.05) is 0 Å². The van der Waals surface area contributed by atoms with Crippen LogP contribution in [0.4, 0.5) is 4.79 Å². The molecule has 0 atom stereocenters. The predicted molar refractivity (Wildman–Crippen MR) is 79.0 cm³/mol. The molecule has 2 aliphatic rings. The topological polar surface area (TPSA) is 96.2 Å². The molecule has 2 saturated heterocycles. The maximum Gasteiger partial charge on any atom is 0.317 e. The van der Waals surface area contributed by atoms with E-state index in [0.717, 1.165) is 0 Å². The Balaban J connectivity index is 1.51. The van der Waals surface area contributed by atoms with E-state index in [0.29, 0.717) is 31.0 Å². The first-order chi connectivity index (χ1) is 11.1. The highest BCUT2D eigenvalue weighted by Gasteiger charge is 2.53. The zero-order valence-corrected chi connectivity index (χ0v) is 12.5. The second-order valence-electron chi connectivity index (χ2n) is 5.88. The number of carbonyl (C=O) groups is 2. The highest BCUT2D eigenvalue weighted by molar-refractivity contribution is 5.95. The van der Waals surface area contributed by atoms with Crippen molar-refractivity contribution in [1.82, 2.24) is 34.9 Å². The van der Waals surface area contributed by atoms with Crippen LogP contribution in [0.25, 0.3) is 5.82 Å². The number of carbonyl (C=O) groups excluding carboxylic acids is 2. The van der Waals surface area contributed by atoms with E-state index in [1.165, 1.54) is 12.7 Å². The first-order valence-electron chi connectivity index (χ1n) is 7.21. The van der Waals surface area contributed by atoms with Gasteiger partial charge in [-0.25, -0.2) is 9.78 Å². The molecule has 2 aliphatic heterocycles. The molecule has 0 aromatic carbocycles. The summed E-state index contributed by atoms with van der Waals surface area (Å²) in [6, 6.07) is 3.30. The van der Waals surface area contributed by atoms with Crippen LogP contribution in [0, 0.1) is 0 Å². The first kappa shape index (κ1) is 13.7. The third kappa shape index (κ3) is 2.04. The highest BCUT2D eigenvalue weighted by Crippen LogP contribution is 2.31. The number of pyridine rings is 1. The van der Waals surface area contributed by atoms with Crippen LogP contribution in [0.15, 0.2) is 31.0 Å². The molecule has 118 valence electrons. The molecular formula is C14H15N7O2. The average Bonchev–Trinajstić information content (AvgIpc) is 3.16. The van der Waals surface area contributed by atoms with Gasteiger partial charge in [0.15, 0.2) is 0 Å². The molecule has 1 spiro atoms. The molecule has 0 bridgehead atoms. The van der Waals surface area contributed by atoms with Crippen LogP contribution < -0.4 is 5.32 Å². The summed E-state index contributed by atoms with van der Waals surface area (Å²) >= 11 is 0. The molecular weight excluding hydrogens is 298 g/mol. The van der Waals surface area contributed by atoms with Crippen LogP contribution >= 0.6 is 0 Å². The Bertz CT molecular complexity index is 767. The fourth-order valence-electron chi connectivity index (χ4n) is 3.02. The normalized spacial score (nSPS) is 18.9. The number of rotatable bonds is 2. The van der Waals surface area contributed by atoms with Crippen LogP contribution in [0.5, 0.6) is 0 Å². The summed E-state index contributed by atoms with van der Waals surface area (Å²) in [5.41, 5.74) is 0.287. The number of hydrogen-bond donors (Lipinski definition) is 1. The fraction of sp³-hybridized carbons (Fsp3) is 0.357. The largest absolute Gasteiger partial charge is 0.335 e. The number of aromatic nitrogens is 4. The molecule has 23 heavy (non-hydrogen) atoms. The Morgan fingerprint density at radius 1 is 1.30 bits per heavy atom. The van der Waals surface area contributed by atoms with Gasteiger partial charge in [-0.2, -0.15) is 0 Å². The number of likely N-dealkylation sites (N-methyl/N-ethyl adjacent to an activating group) is 1. The minimum absolute atomic E-state index is 0.0694. The van der Waals surface area contributed by atoms with Gasteiger partial charge in [-0.05, 0) is 12.1 Å². The van der Waals surface area contributed by atoms with Crippen molar-refractivity contribution in [3.63, 3.8) is 0 Å². The first-order valence-corrected chi connectivity index (χ1v) is 7.21. The molecule has 0 saturated carbocycles. The molecule has 4 rings (SSSR count). The zero-order chi connectivity index (χ0) is 16.0. The highest BCUT2D eigenvalue weighted by atomic mass is 16.2. The van der Waals surface area contributed by atoms with Gasteiger partial charge in [0.2, 0.25) is 0 Å². The second-order valence-corrected chi connectivity index (χ2v) is 5.88. The summed E-state index contributed by atoms with van der Waals surface area (Å²) in [7, 11) is 1.76. The lowest BCUT2D eigenvalue weighted by Crippen LogP contribution is -2.70. The number of amides is 3. The van der Waals surface area contributed by atoms with Crippen LogP contribution in [-0.2, 0) is 0 Å². The summed E-state index contributed by atoms with van der Waals surface area (Å²) in [5.74, 6) is 0.519. The third-order valence-electron chi connectivity index (χ3n) is 4.52. The van der Waals surface area contributed by atoms with E-state index in [4.69, 9.17) is 0 Å². The van der Waals surface area contributed by atoms with Crippen molar-refractivity contribution >= 4 is 11.9 Å². The molecule has 2 aromatic heterocycles. The van der Waals surface area contributed by atoms with E-state index in [-0.39, 0.29) is 17.5 Å². The van der Waals surface area contributed by atoms with Crippen molar-refractivity contribution in [1.29, 1.82) is 0 Å². The summed E-state index contributed by atoms with van der Waals surface area (Å²) in [5, 5.41) is 10.3. The Labute approximate surface area is 131 Å². The summed E-state index contributed by atoms with van der Waals surface area (Å²) in [6.07, 6.45) is 4.64. The lowest BCUT2D eigenvalue weighted by atomic mass is 9.89. The molecule has 2 aromatic rings. The van der Waals surface area contributed by atoms with Crippen molar-refractivity contribution < 1.29 is 9.59 Å². The number of urea groups is 1. The van der Waals surface area contributed by atoms with Crippen molar-refractivity contribution in [2.24, 2.45) is 0 Å². The summed E-state index contributed by atoms with van der Waals surface area (Å²) in [6.45, 7) is 1.64. The van der Waals surface area contributed by atoms with Gasteiger partial charge in [0.05, 0.1) is 5.54 Å². The van der Waals surface area contributed by atoms with Crippen LogP contribution in [0.2, 0.25) is 0 Å². The molecule has 0 aliphatic carbocycles. The van der Waals surface area contributed by atoms with Crippen LogP contribution in [-0.4, -0.2) is 73.7 Å². The lowest BCUT2D eigenvalue weighted by Gasteiger charge is -2.50. The quantitative estimate of drug-likeness (QED) is 0.807. The maximum atomic E-state index is 12.6. The molecule has 1 N–H and O–H groups in total. The minimum atomic E-state index is -0.267. The molecule has 3 amide bonds. The van der Waals surface area contributed by atoms with Gasteiger partial charge >= 0.3 is 6.03 Å². The van der Waals surface area contributed by atoms with E-state index in [2.05, 4.69) is 20.5 Å². The molecule has 2 fully saturated rings. The van der Waals surface area contributed by atoms with E-state index < -0.39 is 0 Å². The monoisotopic (exact) mass is 313 g/mol. The number of likely N-dealkylation sites (tertiary alicyclic amines) is 1. The number of hydrogen-bond acceptors (Lipinski definition) is 5. The van der Waals surface area contributed by atoms with Crippen LogP contribution in [0.3, 0.4) is 0 Å². The second kappa shape index (κ2) is 4.77. The predicted octanol–water partition coefficient (Wildman–Crippen LogP) is -0.488. The number of nitrogens with one attached hydrogen (secondary N) is 1. The van der Waals surface area contributed by atoms with E-state index in [9.17, 15) is 9.59 Å². The van der Waals surface area contributed by atoms with Gasteiger partial charge in [0, 0.05) is 38.4 Å². The smallest absolute Gasteiger partial charge is 0.317 e. The van der Waals surface area contributed by atoms with Gasteiger partial charge in [-0.3, -0.25) is 9.36 Å². The van der Waals surface area contributed by atoms with Crippen molar-refractivity contribution in [2.45, 2.75) is 5.54 Å². The summed E-state index contributed by atoms with van der Waals surface area (Å²) in [4.78, 5) is 31.8. The Morgan fingerprint density at radius 2 is 2.04 bits per heavy atom. The average molecular weight is 313 g/mol. The van der Waals surface area contributed by atoms with Crippen LogP contribution in [0.1, 0.15) is 10.4 Å². The third-order valence-corrected chi connectivity index (χ3v) is 4.52. The van der Waals surface area contributed by atoms with E-state index in [1.807, 2.05) is 0 Å². The maximum absolute atomic E-state index is 12.6. The van der Waals surface area contributed by atoms with Crippen molar-refractivity contribution in [3.05, 3.63) is 36.5 Å². The fourth-order valence-corrected chi connectivity index (χ4v) is 3.02. The SMILES string of the molecule is CN1C(=O)NCC12CN(C(=O)c1ccnc(-n3cnnc3)c1)C2. The van der Waals surface area contributed by atoms with E-state index >= 15 is 0 Å². The Morgan fingerprint density at radius 3 is 2.70 bits per heavy atom. The molecule has 9 nitrogen and oxygen atoms in total. The lowest BCUT2D eigenvalue weighted by molar-refractivity contribution is 0.00776. The Kier molecular flexibility index (Phi) is 2.83. The van der Waals surface area contributed by atoms with Gasteiger partial charge in [-0.15, -0.1) is 10.2 Å². The molecule has 9 heteroatoms. The van der Waals surface area contributed by atoms with Crippen molar-refractivity contribution in [2.75, 3.05) is 26.7 Å². The van der Waals surface area contributed by atoms with Gasteiger partial charge in [0.1, 0.15) is 18.5 Å². The molecule has 4 heterocycles. The molecule has 0 unspecified atom stereocenters. The van der Waals surface area contributed by atoms with Gasteiger partial charge in [0.25, 0.3) is 5.91 Å².